The summed E-state index contributed by atoms with van der Waals surface area (Å²) in [6.45, 7) is 2.34. The van der Waals surface area contributed by atoms with Crippen LogP contribution in [0.5, 0.6) is 11.5 Å². The van der Waals surface area contributed by atoms with Gasteiger partial charge in [-0.1, -0.05) is 0 Å². The first kappa shape index (κ1) is 19.5. The average Bonchev–Trinajstić information content (AvgIpc) is 2.58. The molecular formula is C17H29N3O2S. The Morgan fingerprint density at radius 1 is 1.22 bits per heavy atom. The number of guanidine groups is 1. The summed E-state index contributed by atoms with van der Waals surface area (Å²) in [5.41, 5.74) is 0. The number of nitrogens with zero attached hydrogens (tertiary/aromatic N) is 2. The molecule has 0 aromatic heterocycles. The predicted molar refractivity (Wildman–Crippen MR) is 100 cm³/mol. The molecular weight excluding hydrogens is 310 g/mol. The third-order valence-corrected chi connectivity index (χ3v) is 4.08. The van der Waals surface area contributed by atoms with Crippen molar-refractivity contribution in [3.63, 3.8) is 0 Å². The van der Waals surface area contributed by atoms with Crippen LogP contribution in [0.1, 0.15) is 12.8 Å². The SMILES string of the molecule is CN=C(NCCCCSC)N(C)CCOc1ccc(OC)cc1. The molecule has 6 heteroatoms. The molecule has 0 heterocycles. The number of thioether (sulfide) groups is 1. The Balaban J connectivity index is 2.25. The zero-order valence-electron chi connectivity index (χ0n) is 14.7. The molecule has 1 aromatic rings. The molecule has 0 saturated heterocycles. The highest BCUT2D eigenvalue weighted by Crippen LogP contribution is 2.16. The van der Waals surface area contributed by atoms with E-state index < -0.39 is 0 Å². The smallest absolute Gasteiger partial charge is 0.193 e. The number of aliphatic imine (C=N–C) groups is 1. The van der Waals surface area contributed by atoms with Gasteiger partial charge in [0.25, 0.3) is 0 Å². The van der Waals surface area contributed by atoms with E-state index in [1.54, 1.807) is 7.11 Å². The summed E-state index contributed by atoms with van der Waals surface area (Å²) >= 11 is 1.89. The van der Waals surface area contributed by atoms with Crippen molar-refractivity contribution in [1.29, 1.82) is 0 Å². The van der Waals surface area contributed by atoms with Crippen molar-refractivity contribution >= 4 is 17.7 Å². The highest BCUT2D eigenvalue weighted by Gasteiger charge is 2.05. The van der Waals surface area contributed by atoms with Gasteiger partial charge in [-0.15, -0.1) is 0 Å². The number of likely N-dealkylation sites (N-methyl/N-ethyl adjacent to an activating group) is 1. The third-order valence-electron chi connectivity index (χ3n) is 3.39. The maximum atomic E-state index is 5.75. The number of ether oxygens (including phenoxy) is 2. The van der Waals surface area contributed by atoms with Crippen molar-refractivity contribution in [2.45, 2.75) is 12.8 Å². The minimum absolute atomic E-state index is 0.607. The highest BCUT2D eigenvalue weighted by atomic mass is 32.2. The lowest BCUT2D eigenvalue weighted by molar-refractivity contribution is 0.281. The van der Waals surface area contributed by atoms with Gasteiger partial charge in [0.05, 0.1) is 13.7 Å². The minimum atomic E-state index is 0.607. The van der Waals surface area contributed by atoms with E-state index in [4.69, 9.17) is 9.47 Å². The van der Waals surface area contributed by atoms with Crippen LogP contribution in [0.15, 0.2) is 29.3 Å². The van der Waals surface area contributed by atoms with Gasteiger partial charge in [-0.05, 0) is 49.1 Å². The molecule has 0 amide bonds. The lowest BCUT2D eigenvalue weighted by Crippen LogP contribution is -2.41. The first-order valence-electron chi connectivity index (χ1n) is 7.88. The van der Waals surface area contributed by atoms with Crippen LogP contribution >= 0.6 is 11.8 Å². The molecule has 0 spiro atoms. The molecule has 0 aliphatic rings. The third kappa shape index (κ3) is 8.02. The molecule has 0 aliphatic carbocycles. The Labute approximate surface area is 144 Å². The van der Waals surface area contributed by atoms with Crippen LogP contribution in [-0.4, -0.2) is 63.8 Å². The monoisotopic (exact) mass is 339 g/mol. The van der Waals surface area contributed by atoms with E-state index in [1.807, 2.05) is 50.1 Å². The van der Waals surface area contributed by atoms with E-state index in [-0.39, 0.29) is 0 Å². The van der Waals surface area contributed by atoms with Gasteiger partial charge >= 0.3 is 0 Å². The molecule has 0 aliphatic heterocycles. The molecule has 23 heavy (non-hydrogen) atoms. The number of benzene rings is 1. The van der Waals surface area contributed by atoms with Crippen LogP contribution in [0.2, 0.25) is 0 Å². The molecule has 1 aromatic carbocycles. The molecule has 0 atom stereocenters. The van der Waals surface area contributed by atoms with Gasteiger partial charge in [-0.2, -0.15) is 11.8 Å². The largest absolute Gasteiger partial charge is 0.497 e. The van der Waals surface area contributed by atoms with Crippen molar-refractivity contribution in [2.75, 3.05) is 52.9 Å². The molecule has 0 fully saturated rings. The fraction of sp³-hybridized carbons (Fsp3) is 0.588. The molecule has 5 nitrogen and oxygen atoms in total. The Morgan fingerprint density at radius 3 is 2.52 bits per heavy atom. The molecule has 0 bridgehead atoms. The minimum Gasteiger partial charge on any atom is -0.497 e. The van der Waals surface area contributed by atoms with Gasteiger partial charge < -0.3 is 19.7 Å². The van der Waals surface area contributed by atoms with E-state index in [0.29, 0.717) is 6.61 Å². The summed E-state index contributed by atoms with van der Waals surface area (Å²) in [7, 11) is 5.49. The Hall–Kier alpha value is -1.56. The van der Waals surface area contributed by atoms with Crippen LogP contribution < -0.4 is 14.8 Å². The van der Waals surface area contributed by atoms with Crippen molar-refractivity contribution in [1.82, 2.24) is 10.2 Å². The topological polar surface area (TPSA) is 46.1 Å². The number of hydrogen-bond donors (Lipinski definition) is 1. The van der Waals surface area contributed by atoms with E-state index in [1.165, 1.54) is 12.2 Å². The van der Waals surface area contributed by atoms with Crippen LogP contribution in [-0.2, 0) is 0 Å². The van der Waals surface area contributed by atoms with Crippen molar-refractivity contribution in [3.05, 3.63) is 24.3 Å². The first-order valence-corrected chi connectivity index (χ1v) is 9.28. The van der Waals surface area contributed by atoms with Gasteiger partial charge in [0.15, 0.2) is 5.96 Å². The number of hydrogen-bond acceptors (Lipinski definition) is 4. The lowest BCUT2D eigenvalue weighted by Gasteiger charge is -2.22. The second-order valence-electron chi connectivity index (χ2n) is 5.12. The average molecular weight is 340 g/mol. The number of nitrogens with one attached hydrogen (secondary N) is 1. The summed E-state index contributed by atoms with van der Waals surface area (Å²) in [6.07, 6.45) is 4.54. The van der Waals surface area contributed by atoms with E-state index in [9.17, 15) is 0 Å². The van der Waals surface area contributed by atoms with Gasteiger partial charge in [-0.3, -0.25) is 4.99 Å². The maximum absolute atomic E-state index is 5.75. The van der Waals surface area contributed by atoms with Crippen molar-refractivity contribution in [3.8, 4) is 11.5 Å². The molecule has 130 valence electrons. The van der Waals surface area contributed by atoms with E-state index >= 15 is 0 Å². The molecule has 0 saturated carbocycles. The van der Waals surface area contributed by atoms with E-state index in [2.05, 4.69) is 21.5 Å². The second kappa shape index (κ2) is 11.9. The summed E-state index contributed by atoms with van der Waals surface area (Å²) < 4.78 is 10.9. The van der Waals surface area contributed by atoms with Gasteiger partial charge in [-0.25, -0.2) is 0 Å². The van der Waals surface area contributed by atoms with Crippen LogP contribution in [0.3, 0.4) is 0 Å². The van der Waals surface area contributed by atoms with Crippen LogP contribution in [0, 0.1) is 0 Å². The Kier molecular flexibility index (Phi) is 10.1. The Morgan fingerprint density at radius 2 is 1.91 bits per heavy atom. The van der Waals surface area contributed by atoms with Crippen molar-refractivity contribution < 1.29 is 9.47 Å². The molecule has 1 N–H and O–H groups in total. The number of unbranched alkanes of at least 4 members (excludes halogenated alkanes) is 1. The highest BCUT2D eigenvalue weighted by molar-refractivity contribution is 7.98. The molecule has 0 unspecified atom stereocenters. The summed E-state index contributed by atoms with van der Waals surface area (Å²) in [4.78, 5) is 6.39. The zero-order valence-corrected chi connectivity index (χ0v) is 15.5. The Bertz CT molecular complexity index is 452. The normalized spacial score (nSPS) is 11.2. The maximum Gasteiger partial charge on any atom is 0.193 e. The standard InChI is InChI=1S/C17H29N3O2S/c1-18-17(19-11-5-6-14-23-4)20(2)12-13-22-16-9-7-15(21-3)8-10-16/h7-10H,5-6,11-14H2,1-4H3,(H,18,19). The second-order valence-corrected chi connectivity index (χ2v) is 6.11. The number of rotatable bonds is 10. The number of methoxy groups -OCH3 is 1. The first-order chi connectivity index (χ1) is 11.2. The molecule has 0 radical (unpaired) electrons. The zero-order chi connectivity index (χ0) is 16.9. The van der Waals surface area contributed by atoms with Crippen molar-refractivity contribution in [2.24, 2.45) is 4.99 Å². The molecule has 1 rings (SSSR count). The summed E-state index contributed by atoms with van der Waals surface area (Å²) in [6, 6.07) is 7.62. The fourth-order valence-electron chi connectivity index (χ4n) is 2.03. The predicted octanol–water partition coefficient (Wildman–Crippen LogP) is 2.72. The van der Waals surface area contributed by atoms with E-state index in [0.717, 1.165) is 37.0 Å². The summed E-state index contributed by atoms with van der Waals surface area (Å²) in [5.74, 6) is 3.80. The lowest BCUT2D eigenvalue weighted by atomic mass is 10.3. The fourth-order valence-corrected chi connectivity index (χ4v) is 2.53. The van der Waals surface area contributed by atoms with Crippen LogP contribution in [0.25, 0.3) is 0 Å². The van der Waals surface area contributed by atoms with Gasteiger partial charge in [0.2, 0.25) is 0 Å². The van der Waals surface area contributed by atoms with Crippen LogP contribution in [0.4, 0.5) is 0 Å². The van der Waals surface area contributed by atoms with Gasteiger partial charge in [0.1, 0.15) is 18.1 Å². The summed E-state index contributed by atoms with van der Waals surface area (Å²) in [5, 5.41) is 3.39. The quantitative estimate of drug-likeness (QED) is 0.403. The van der Waals surface area contributed by atoms with Gasteiger partial charge in [0, 0.05) is 20.6 Å².